The van der Waals surface area contributed by atoms with Crippen molar-refractivity contribution >= 4 is 61.4 Å². The lowest BCUT2D eigenvalue weighted by Crippen LogP contribution is -2.55. The minimum Gasteiger partial charge on any atom is -0.375 e. The smallest absolute Gasteiger partial charge is 0.333 e. The van der Waals surface area contributed by atoms with Crippen LogP contribution in [0.15, 0.2) is 127 Å². The Bertz CT molecular complexity index is 3600. The molecule has 0 amide bonds. The molecule has 0 N–H and O–H groups in total. The van der Waals surface area contributed by atoms with Crippen molar-refractivity contribution in [3.05, 3.63) is 172 Å². The number of aromatic nitrogens is 2. The summed E-state index contributed by atoms with van der Waals surface area (Å²) in [7, 11) is 0. The van der Waals surface area contributed by atoms with Gasteiger partial charge in [0.2, 0.25) is 0 Å². The van der Waals surface area contributed by atoms with Crippen LogP contribution < -0.4 is 10.9 Å². The van der Waals surface area contributed by atoms with Crippen molar-refractivity contribution in [2.75, 3.05) is 0 Å². The zero-order valence-corrected chi connectivity index (χ0v) is 35.0. The first kappa shape index (κ1) is 34.9. The van der Waals surface area contributed by atoms with Crippen molar-refractivity contribution < 1.29 is 0 Å². The van der Waals surface area contributed by atoms with Crippen LogP contribution in [-0.2, 0) is 0 Å². The highest BCUT2D eigenvalue weighted by Gasteiger charge is 2.43. The lowest BCUT2D eigenvalue weighted by atomic mass is 9.45. The van der Waals surface area contributed by atoms with Crippen LogP contribution in [-0.4, -0.2) is 15.9 Å². The summed E-state index contributed by atoms with van der Waals surface area (Å²) < 4.78 is 5.23. The number of benzene rings is 8. The molecule has 0 saturated heterocycles. The topological polar surface area (TPSA) is 33.6 Å². The molecular formula is C56H42BN3. The van der Waals surface area contributed by atoms with Crippen molar-refractivity contribution in [1.82, 2.24) is 9.05 Å². The number of nitriles is 1. The molecule has 284 valence electrons. The van der Waals surface area contributed by atoms with E-state index in [1.165, 1.54) is 133 Å². The predicted octanol–water partition coefficient (Wildman–Crippen LogP) is 12.9. The highest BCUT2D eigenvalue weighted by molar-refractivity contribution is 6.90. The predicted molar refractivity (Wildman–Crippen MR) is 254 cm³/mol. The maximum atomic E-state index is 10.1. The molecule has 0 aliphatic carbocycles. The number of hydrogen-bond donors (Lipinski definition) is 0. The van der Waals surface area contributed by atoms with Crippen LogP contribution in [0.5, 0.6) is 0 Å². The van der Waals surface area contributed by atoms with Gasteiger partial charge in [-0.25, -0.2) is 0 Å². The number of para-hydroxylation sites is 2. The van der Waals surface area contributed by atoms with Crippen molar-refractivity contribution in [3.63, 3.8) is 0 Å². The van der Waals surface area contributed by atoms with Gasteiger partial charge in [0.25, 0.3) is 0 Å². The van der Waals surface area contributed by atoms with E-state index in [9.17, 15) is 5.26 Å². The van der Waals surface area contributed by atoms with E-state index in [-0.39, 0.29) is 6.85 Å². The van der Waals surface area contributed by atoms with E-state index in [1.54, 1.807) is 0 Å². The van der Waals surface area contributed by atoms with Crippen LogP contribution in [0.25, 0.3) is 93.8 Å². The Hall–Kier alpha value is -7.09. The lowest BCUT2D eigenvalue weighted by Gasteiger charge is -2.36. The Balaban J connectivity index is 1.30. The second kappa shape index (κ2) is 12.2. The molecule has 2 aliphatic heterocycles. The molecule has 60 heavy (non-hydrogen) atoms. The van der Waals surface area contributed by atoms with E-state index in [2.05, 4.69) is 179 Å². The van der Waals surface area contributed by atoms with Gasteiger partial charge in [-0.1, -0.05) is 90.0 Å². The average Bonchev–Trinajstić information content (AvgIpc) is 3.74. The standard InChI is InChI=1S/C56H42BN3/c1-30-20-32(3)51(33(4)21-30)39-18-19-49-44(25-39)45-26-40(52-34(5)22-31(2)23-35(52)6)27-46-53-36(7)43(38-13-10-12-37(24-38)29-58)28-50-54(53)57(60(49)55(45)46)47-16-11-15-42-41-14-8-9-17-48(41)59(50)56(42)47/h8-28H,1-7H3. The van der Waals surface area contributed by atoms with Crippen LogP contribution in [0.4, 0.5) is 0 Å². The molecule has 0 radical (unpaired) electrons. The zero-order chi connectivity index (χ0) is 40.9. The van der Waals surface area contributed by atoms with Gasteiger partial charge in [0, 0.05) is 43.8 Å². The molecule has 4 heterocycles. The summed E-state index contributed by atoms with van der Waals surface area (Å²) in [6.45, 7) is 15.7. The summed E-state index contributed by atoms with van der Waals surface area (Å²) in [4.78, 5) is 0. The normalized spacial score (nSPS) is 12.5. The second-order valence-corrected chi connectivity index (χ2v) is 17.6. The molecule has 2 aliphatic rings. The van der Waals surface area contributed by atoms with Gasteiger partial charge >= 0.3 is 6.85 Å². The van der Waals surface area contributed by atoms with Crippen molar-refractivity contribution in [2.45, 2.75) is 48.5 Å². The molecule has 0 spiro atoms. The number of nitrogens with zero attached hydrogens (tertiary/aromatic N) is 3. The molecule has 8 aromatic carbocycles. The van der Waals surface area contributed by atoms with Gasteiger partial charge in [0.15, 0.2) is 0 Å². The van der Waals surface area contributed by atoms with Crippen molar-refractivity contribution in [3.8, 4) is 56.3 Å². The van der Waals surface area contributed by atoms with Gasteiger partial charge < -0.3 is 9.05 Å². The Morgan fingerprint density at radius 3 is 1.88 bits per heavy atom. The highest BCUT2D eigenvalue weighted by Crippen LogP contribution is 2.49. The van der Waals surface area contributed by atoms with E-state index < -0.39 is 0 Å². The first-order valence-corrected chi connectivity index (χ1v) is 21.1. The Labute approximate surface area is 350 Å². The second-order valence-electron chi connectivity index (χ2n) is 17.6. The monoisotopic (exact) mass is 767 g/mol. The quantitative estimate of drug-likeness (QED) is 0.165. The van der Waals surface area contributed by atoms with E-state index >= 15 is 0 Å². The highest BCUT2D eigenvalue weighted by atomic mass is 15.0. The molecule has 0 saturated carbocycles. The summed E-state index contributed by atoms with van der Waals surface area (Å²) in [6, 6.07) is 50.3. The molecule has 2 aromatic heterocycles. The van der Waals surface area contributed by atoms with Crippen LogP contribution in [0, 0.1) is 59.8 Å². The molecule has 0 unspecified atom stereocenters. The van der Waals surface area contributed by atoms with E-state index in [0.717, 1.165) is 11.1 Å². The first-order valence-electron chi connectivity index (χ1n) is 21.1. The van der Waals surface area contributed by atoms with E-state index in [1.807, 2.05) is 12.1 Å². The maximum absolute atomic E-state index is 10.1. The fourth-order valence-corrected chi connectivity index (χ4v) is 11.8. The Morgan fingerprint density at radius 2 is 1.15 bits per heavy atom. The molecule has 12 rings (SSSR count). The summed E-state index contributed by atoms with van der Waals surface area (Å²) in [5, 5.41) is 15.2. The van der Waals surface area contributed by atoms with E-state index in [4.69, 9.17) is 0 Å². The van der Waals surface area contributed by atoms with Gasteiger partial charge in [-0.3, -0.25) is 0 Å². The molecule has 10 aromatic rings. The van der Waals surface area contributed by atoms with Crippen LogP contribution in [0.3, 0.4) is 0 Å². The number of rotatable bonds is 3. The van der Waals surface area contributed by atoms with Gasteiger partial charge in [-0.2, -0.15) is 5.26 Å². The average molecular weight is 768 g/mol. The minimum atomic E-state index is -0.0522. The number of aryl methyl sites for hydroxylation is 6. The molecule has 0 bridgehead atoms. The third-order valence-electron chi connectivity index (χ3n) is 13.8. The zero-order valence-electron chi connectivity index (χ0n) is 35.0. The maximum Gasteiger partial charge on any atom is 0.333 e. The molecule has 0 fully saturated rings. The third kappa shape index (κ3) is 4.55. The van der Waals surface area contributed by atoms with Gasteiger partial charge in [-0.15, -0.1) is 0 Å². The molecule has 0 atom stereocenters. The fraction of sp³-hybridized carbons (Fsp3) is 0.125. The minimum absolute atomic E-state index is 0.0522. The Morgan fingerprint density at radius 1 is 0.483 bits per heavy atom. The summed E-state index contributed by atoms with van der Waals surface area (Å²) in [6.07, 6.45) is 0. The molecule has 3 nitrogen and oxygen atoms in total. The third-order valence-corrected chi connectivity index (χ3v) is 13.8. The van der Waals surface area contributed by atoms with E-state index in [0.29, 0.717) is 5.56 Å². The van der Waals surface area contributed by atoms with Crippen LogP contribution >= 0.6 is 0 Å². The van der Waals surface area contributed by atoms with Crippen molar-refractivity contribution in [2.24, 2.45) is 0 Å². The summed E-state index contributed by atoms with van der Waals surface area (Å²) in [5.74, 6) is 0. The largest absolute Gasteiger partial charge is 0.375 e. The number of hydrogen-bond acceptors (Lipinski definition) is 1. The molecular weight excluding hydrogens is 725 g/mol. The Kier molecular flexibility index (Phi) is 7.11. The molecule has 4 heteroatoms. The summed E-state index contributed by atoms with van der Waals surface area (Å²) >= 11 is 0. The van der Waals surface area contributed by atoms with Gasteiger partial charge in [0.05, 0.1) is 22.7 Å². The summed E-state index contributed by atoms with van der Waals surface area (Å²) in [5.41, 5.74) is 28.4. The number of fused-ring (bicyclic) bond motifs is 10. The fourth-order valence-electron chi connectivity index (χ4n) is 11.8. The van der Waals surface area contributed by atoms with Crippen molar-refractivity contribution in [1.29, 1.82) is 5.26 Å². The van der Waals surface area contributed by atoms with Gasteiger partial charge in [0.1, 0.15) is 0 Å². The van der Waals surface area contributed by atoms with Gasteiger partial charge in [-0.05, 0) is 175 Å². The lowest BCUT2D eigenvalue weighted by molar-refractivity contribution is 1.17. The SMILES string of the molecule is Cc1cc(C)c(-c2ccc3c(c2)c2cc(-c4c(C)cc(C)cc4C)cc4c2n3B2c3c(cc(-c5cccc(C#N)c5)c(C)c3-4)-n3c4ccccc4c4cccc2c43)c(C)c1. The van der Waals surface area contributed by atoms with Crippen LogP contribution in [0.1, 0.15) is 44.5 Å². The van der Waals surface area contributed by atoms with Crippen LogP contribution in [0.2, 0.25) is 0 Å². The first-order chi connectivity index (χ1) is 29.1.